The van der Waals surface area contributed by atoms with Crippen molar-refractivity contribution in [2.24, 2.45) is 0 Å². The van der Waals surface area contributed by atoms with Crippen LogP contribution in [0.25, 0.3) is 0 Å². The molecule has 1 aliphatic rings. The number of thioether (sulfide) groups is 1. The zero-order chi connectivity index (χ0) is 17.1. The summed E-state index contributed by atoms with van der Waals surface area (Å²) in [5, 5.41) is 13.0. The molecule has 0 atom stereocenters. The average Bonchev–Trinajstić information content (AvgIpc) is 2.77. The normalized spacial score (nSPS) is 14.1. The fourth-order valence-corrected chi connectivity index (χ4v) is 3.88. The lowest BCUT2D eigenvalue weighted by Crippen LogP contribution is -2.15. The topological polar surface area (TPSA) is 59.8 Å². The minimum atomic E-state index is -0.189. The summed E-state index contributed by atoms with van der Waals surface area (Å²) in [6.45, 7) is 0.908. The van der Waals surface area contributed by atoms with Gasteiger partial charge in [-0.2, -0.15) is 0 Å². The molecular formula is C15H15Cl3N4OS. The maximum atomic E-state index is 12.2. The van der Waals surface area contributed by atoms with Crippen LogP contribution in [0.4, 0.5) is 5.69 Å². The highest BCUT2D eigenvalue weighted by Gasteiger charge is 2.16. The number of carbonyl (C=O) groups excluding carboxylic acids is 1. The number of hydrogen-bond donors (Lipinski definition) is 1. The Morgan fingerprint density at radius 2 is 1.92 bits per heavy atom. The number of aryl methyl sites for hydroxylation is 1. The smallest absolute Gasteiger partial charge is 0.234 e. The molecular weight excluding hydrogens is 391 g/mol. The number of anilines is 1. The van der Waals surface area contributed by atoms with Crippen molar-refractivity contribution in [3.05, 3.63) is 33.0 Å². The van der Waals surface area contributed by atoms with E-state index in [2.05, 4.69) is 20.1 Å². The van der Waals surface area contributed by atoms with Crippen LogP contribution < -0.4 is 5.32 Å². The van der Waals surface area contributed by atoms with Crippen molar-refractivity contribution in [2.75, 3.05) is 11.1 Å². The zero-order valence-electron chi connectivity index (χ0n) is 12.7. The molecule has 0 aliphatic carbocycles. The summed E-state index contributed by atoms with van der Waals surface area (Å²) in [7, 11) is 0. The van der Waals surface area contributed by atoms with Crippen molar-refractivity contribution >= 4 is 58.2 Å². The van der Waals surface area contributed by atoms with Crippen molar-refractivity contribution in [1.82, 2.24) is 14.8 Å². The van der Waals surface area contributed by atoms with Crippen LogP contribution in [0.1, 0.15) is 25.1 Å². The molecule has 1 N–H and O–H groups in total. The Morgan fingerprint density at radius 1 is 1.12 bits per heavy atom. The molecule has 0 fully saturated rings. The van der Waals surface area contributed by atoms with Crippen LogP contribution in [-0.2, 0) is 17.8 Å². The summed E-state index contributed by atoms with van der Waals surface area (Å²) in [5.74, 6) is 1.03. The molecule has 0 bridgehead atoms. The molecule has 0 radical (unpaired) electrons. The highest BCUT2D eigenvalue weighted by atomic mass is 35.5. The lowest BCUT2D eigenvalue weighted by molar-refractivity contribution is -0.113. The molecule has 1 aromatic heterocycles. The van der Waals surface area contributed by atoms with E-state index in [9.17, 15) is 4.79 Å². The van der Waals surface area contributed by atoms with E-state index in [1.165, 1.54) is 30.3 Å². The van der Waals surface area contributed by atoms with Crippen LogP contribution in [0.2, 0.25) is 15.1 Å². The molecule has 2 aromatic rings. The summed E-state index contributed by atoms with van der Waals surface area (Å²) in [4.78, 5) is 12.2. The van der Waals surface area contributed by atoms with Crippen LogP contribution in [0.15, 0.2) is 17.3 Å². The highest BCUT2D eigenvalue weighted by molar-refractivity contribution is 7.99. The summed E-state index contributed by atoms with van der Waals surface area (Å²) >= 11 is 19.3. The first kappa shape index (κ1) is 17.9. The molecule has 24 heavy (non-hydrogen) atoms. The largest absolute Gasteiger partial charge is 0.324 e. The van der Waals surface area contributed by atoms with E-state index < -0.39 is 0 Å². The van der Waals surface area contributed by atoms with Crippen molar-refractivity contribution in [1.29, 1.82) is 0 Å². The maximum Gasteiger partial charge on any atom is 0.234 e. The lowest BCUT2D eigenvalue weighted by atomic mass is 10.2. The van der Waals surface area contributed by atoms with Gasteiger partial charge in [-0.05, 0) is 25.0 Å². The summed E-state index contributed by atoms with van der Waals surface area (Å²) in [6, 6.07) is 3.05. The Hall–Kier alpha value is -0.950. The van der Waals surface area contributed by atoms with E-state index >= 15 is 0 Å². The second kappa shape index (κ2) is 7.95. The fraction of sp³-hybridized carbons (Fsp3) is 0.400. The standard InChI is InChI=1S/C15H15Cl3N4OS/c16-9-6-11(18)12(7-10(9)17)19-14(23)8-24-15-21-20-13-4-2-1-3-5-22(13)15/h6-7H,1-5,8H2,(H,19,23). The third kappa shape index (κ3) is 4.17. The molecule has 0 unspecified atom stereocenters. The molecule has 5 nitrogen and oxygen atoms in total. The predicted octanol–water partition coefficient (Wildman–Crippen LogP) is 4.70. The lowest BCUT2D eigenvalue weighted by Gasteiger charge is -2.09. The molecule has 0 saturated heterocycles. The van der Waals surface area contributed by atoms with Gasteiger partial charge >= 0.3 is 0 Å². The van der Waals surface area contributed by atoms with Gasteiger partial charge in [-0.3, -0.25) is 4.79 Å². The SMILES string of the molecule is O=C(CSc1nnc2n1CCCCC2)Nc1cc(Cl)c(Cl)cc1Cl. The van der Waals surface area contributed by atoms with E-state index in [0.717, 1.165) is 36.8 Å². The van der Waals surface area contributed by atoms with Crippen molar-refractivity contribution < 1.29 is 4.79 Å². The Labute approximate surface area is 159 Å². The van der Waals surface area contributed by atoms with Crippen molar-refractivity contribution in [3.63, 3.8) is 0 Å². The summed E-state index contributed by atoms with van der Waals surface area (Å²) < 4.78 is 2.11. The molecule has 0 saturated carbocycles. The number of rotatable bonds is 4. The Morgan fingerprint density at radius 3 is 2.75 bits per heavy atom. The highest BCUT2D eigenvalue weighted by Crippen LogP contribution is 2.32. The summed E-state index contributed by atoms with van der Waals surface area (Å²) in [6.07, 6.45) is 4.39. The number of nitrogens with zero attached hydrogens (tertiary/aromatic N) is 3. The van der Waals surface area contributed by atoms with Gasteiger partial charge in [0.05, 0.1) is 26.5 Å². The minimum absolute atomic E-state index is 0.189. The van der Waals surface area contributed by atoms with Gasteiger partial charge < -0.3 is 9.88 Å². The van der Waals surface area contributed by atoms with Gasteiger partial charge in [0.15, 0.2) is 5.16 Å². The maximum absolute atomic E-state index is 12.2. The Bertz CT molecular complexity index is 765. The number of benzene rings is 1. The van der Waals surface area contributed by atoms with E-state index in [1.54, 1.807) is 0 Å². The monoisotopic (exact) mass is 404 g/mol. The second-order valence-electron chi connectivity index (χ2n) is 5.44. The number of nitrogens with one attached hydrogen (secondary N) is 1. The van der Waals surface area contributed by atoms with E-state index in [1.807, 2.05) is 0 Å². The van der Waals surface area contributed by atoms with E-state index in [-0.39, 0.29) is 11.7 Å². The van der Waals surface area contributed by atoms with Gasteiger partial charge in [0, 0.05) is 13.0 Å². The quantitative estimate of drug-likeness (QED) is 0.592. The molecule has 2 heterocycles. The molecule has 3 rings (SSSR count). The van der Waals surface area contributed by atoms with Crippen LogP contribution in [0.3, 0.4) is 0 Å². The number of fused-ring (bicyclic) bond motifs is 1. The third-order valence-corrected chi connectivity index (χ3v) is 5.69. The van der Waals surface area contributed by atoms with Crippen LogP contribution in [0, 0.1) is 0 Å². The van der Waals surface area contributed by atoms with Gasteiger partial charge in [0.1, 0.15) is 5.82 Å². The van der Waals surface area contributed by atoms with Crippen molar-refractivity contribution in [2.45, 2.75) is 37.4 Å². The van der Waals surface area contributed by atoms with Gasteiger partial charge in [-0.1, -0.05) is 53.0 Å². The molecule has 1 aliphatic heterocycles. The van der Waals surface area contributed by atoms with Gasteiger partial charge in [0.25, 0.3) is 0 Å². The first-order chi connectivity index (χ1) is 11.5. The molecule has 9 heteroatoms. The average molecular weight is 406 g/mol. The number of aromatic nitrogens is 3. The van der Waals surface area contributed by atoms with Crippen LogP contribution >= 0.6 is 46.6 Å². The second-order valence-corrected chi connectivity index (χ2v) is 7.61. The molecule has 128 valence electrons. The minimum Gasteiger partial charge on any atom is -0.324 e. The predicted molar refractivity (Wildman–Crippen MR) is 98.4 cm³/mol. The van der Waals surface area contributed by atoms with Crippen LogP contribution in [-0.4, -0.2) is 26.4 Å². The number of amides is 1. The van der Waals surface area contributed by atoms with Gasteiger partial charge in [-0.25, -0.2) is 0 Å². The number of halogens is 3. The molecule has 0 spiro atoms. The fourth-order valence-electron chi connectivity index (χ4n) is 2.50. The first-order valence-corrected chi connectivity index (χ1v) is 9.66. The zero-order valence-corrected chi connectivity index (χ0v) is 15.8. The van der Waals surface area contributed by atoms with E-state index in [0.29, 0.717) is 20.8 Å². The van der Waals surface area contributed by atoms with Crippen molar-refractivity contribution in [3.8, 4) is 0 Å². The summed E-state index contributed by atoms with van der Waals surface area (Å²) in [5.41, 5.74) is 0.441. The number of carbonyl (C=O) groups is 1. The van der Waals surface area contributed by atoms with Crippen LogP contribution in [0.5, 0.6) is 0 Å². The molecule has 1 aromatic carbocycles. The third-order valence-electron chi connectivity index (χ3n) is 3.69. The number of hydrogen-bond acceptors (Lipinski definition) is 4. The van der Waals surface area contributed by atoms with Gasteiger partial charge in [-0.15, -0.1) is 10.2 Å². The van der Waals surface area contributed by atoms with Gasteiger partial charge in [0.2, 0.25) is 5.91 Å². The molecule has 1 amide bonds. The Kier molecular flexibility index (Phi) is 5.92. The Balaban J connectivity index is 1.62. The van der Waals surface area contributed by atoms with E-state index in [4.69, 9.17) is 34.8 Å². The first-order valence-electron chi connectivity index (χ1n) is 7.54.